The number of carbonyl (C=O) groups is 1. The molecule has 0 heterocycles. The molecule has 0 unspecified atom stereocenters. The van der Waals surface area contributed by atoms with Crippen molar-refractivity contribution in [3.05, 3.63) is 0 Å². The Morgan fingerprint density at radius 3 is 2.38 bits per heavy atom. The second-order valence-electron chi connectivity index (χ2n) is 2.56. The first-order valence-corrected chi connectivity index (χ1v) is 5.39. The zero-order valence-electron chi connectivity index (χ0n) is 7.23. The first kappa shape index (κ1) is 12.3. The predicted octanol–water partition coefficient (Wildman–Crippen LogP) is -1.24. The van der Waals surface area contributed by atoms with Gasteiger partial charge in [0, 0.05) is 6.04 Å². The van der Waals surface area contributed by atoms with Crippen LogP contribution in [0.5, 0.6) is 0 Å². The van der Waals surface area contributed by atoms with Crippen LogP contribution >= 0.6 is 0 Å². The zero-order valence-corrected chi connectivity index (χ0v) is 8.04. The molecule has 3 N–H and O–H groups in total. The maximum atomic E-state index is 11.0. The van der Waals surface area contributed by atoms with Gasteiger partial charge in [-0.2, -0.15) is 0 Å². The molecule has 13 heavy (non-hydrogen) atoms. The monoisotopic (exact) mass is 211 g/mol. The third kappa shape index (κ3) is 5.56. The summed E-state index contributed by atoms with van der Waals surface area (Å²) in [7, 11) is -3.81. The van der Waals surface area contributed by atoms with Crippen molar-refractivity contribution in [1.29, 1.82) is 0 Å². The van der Waals surface area contributed by atoms with E-state index in [9.17, 15) is 13.2 Å². The van der Waals surface area contributed by atoms with Gasteiger partial charge in [-0.1, -0.05) is 6.92 Å². The van der Waals surface area contributed by atoms with Crippen molar-refractivity contribution in [3.63, 3.8) is 0 Å². The average Bonchev–Trinajstić information content (AvgIpc) is 1.97. The van der Waals surface area contributed by atoms with Crippen LogP contribution in [0.3, 0.4) is 0 Å². The molecule has 0 rings (SSSR count). The van der Waals surface area contributed by atoms with Crippen LogP contribution < -0.4 is 4.72 Å². The highest BCUT2D eigenvalue weighted by Gasteiger charge is 2.18. The molecule has 0 saturated heterocycles. The lowest BCUT2D eigenvalue weighted by atomic mass is 10.3. The molecule has 0 aliphatic heterocycles. The highest BCUT2D eigenvalue weighted by molar-refractivity contribution is 7.90. The fourth-order valence-electron chi connectivity index (χ4n) is 0.708. The first-order chi connectivity index (χ1) is 5.91. The van der Waals surface area contributed by atoms with E-state index in [4.69, 9.17) is 10.2 Å². The van der Waals surface area contributed by atoms with Crippen molar-refractivity contribution >= 4 is 16.0 Å². The van der Waals surface area contributed by atoms with Gasteiger partial charge in [-0.3, -0.25) is 4.79 Å². The Morgan fingerprint density at radius 1 is 1.54 bits per heavy atom. The van der Waals surface area contributed by atoms with Crippen molar-refractivity contribution in [2.24, 2.45) is 0 Å². The highest BCUT2D eigenvalue weighted by atomic mass is 32.2. The molecule has 0 amide bonds. The lowest BCUT2D eigenvalue weighted by Crippen LogP contribution is -2.39. The van der Waals surface area contributed by atoms with Crippen molar-refractivity contribution in [2.45, 2.75) is 19.4 Å². The number of sulfonamides is 1. The topological polar surface area (TPSA) is 104 Å². The molecule has 78 valence electrons. The number of aliphatic hydroxyl groups is 1. The number of aliphatic carboxylic acids is 1. The van der Waals surface area contributed by atoms with E-state index in [1.165, 1.54) is 0 Å². The van der Waals surface area contributed by atoms with Gasteiger partial charge in [0.15, 0.2) is 5.75 Å². The first-order valence-electron chi connectivity index (χ1n) is 3.74. The summed E-state index contributed by atoms with van der Waals surface area (Å²) in [6.07, 6.45) is 0.412. The lowest BCUT2D eigenvalue weighted by molar-refractivity contribution is -0.134. The lowest BCUT2D eigenvalue weighted by Gasteiger charge is -2.12. The smallest absolute Gasteiger partial charge is 0.320 e. The fraction of sp³-hybridized carbons (Fsp3) is 0.833. The Balaban J connectivity index is 4.24. The molecule has 1 atom stereocenters. The van der Waals surface area contributed by atoms with Crippen LogP contribution in [0.25, 0.3) is 0 Å². The zero-order chi connectivity index (χ0) is 10.5. The molecule has 0 aliphatic carbocycles. The second kappa shape index (κ2) is 5.15. The quantitative estimate of drug-likeness (QED) is 0.510. The predicted molar refractivity (Wildman–Crippen MR) is 45.7 cm³/mol. The minimum absolute atomic E-state index is 0.338. The summed E-state index contributed by atoms with van der Waals surface area (Å²) in [6, 6.07) is -0.607. The van der Waals surface area contributed by atoms with Crippen molar-refractivity contribution in [3.8, 4) is 0 Å². The number of carboxylic acid groups (broad SMARTS) is 1. The molecule has 0 aromatic heterocycles. The summed E-state index contributed by atoms with van der Waals surface area (Å²) in [5, 5.41) is 16.9. The number of hydrogen-bond acceptors (Lipinski definition) is 4. The van der Waals surface area contributed by atoms with Gasteiger partial charge in [-0.15, -0.1) is 0 Å². The highest BCUT2D eigenvalue weighted by Crippen LogP contribution is 1.93. The normalized spacial score (nSPS) is 14.0. The van der Waals surface area contributed by atoms with Crippen LogP contribution in [0.15, 0.2) is 0 Å². The Kier molecular flexibility index (Phi) is 4.89. The number of hydrogen-bond donors (Lipinski definition) is 3. The van der Waals surface area contributed by atoms with Gasteiger partial charge in [-0.25, -0.2) is 13.1 Å². The van der Waals surface area contributed by atoms with Crippen LogP contribution in [0, 0.1) is 0 Å². The number of nitrogens with one attached hydrogen (secondary N) is 1. The van der Waals surface area contributed by atoms with Gasteiger partial charge in [0.25, 0.3) is 0 Å². The standard InChI is InChI=1S/C6H13NO5S/c1-2-5(3-8)7-13(11,12)4-6(9)10/h5,7-8H,2-4H2,1H3,(H,9,10)/t5-/m1/s1. The van der Waals surface area contributed by atoms with Crippen molar-refractivity contribution in [2.75, 3.05) is 12.4 Å². The third-order valence-electron chi connectivity index (χ3n) is 1.37. The molecule has 0 bridgehead atoms. The van der Waals surface area contributed by atoms with Gasteiger partial charge >= 0.3 is 5.97 Å². The van der Waals surface area contributed by atoms with Crippen LogP contribution in [-0.4, -0.2) is 43.0 Å². The molecule has 0 spiro atoms. The van der Waals surface area contributed by atoms with E-state index in [2.05, 4.69) is 4.72 Å². The van der Waals surface area contributed by atoms with Crippen LogP contribution in [-0.2, 0) is 14.8 Å². The Labute approximate surface area is 76.6 Å². The molecule has 7 heteroatoms. The van der Waals surface area contributed by atoms with E-state index in [1.807, 2.05) is 0 Å². The van der Waals surface area contributed by atoms with Crippen LogP contribution in [0.4, 0.5) is 0 Å². The number of carboxylic acids is 1. The molecule has 0 aromatic carbocycles. The Bertz CT molecular complexity index is 256. The summed E-state index contributed by atoms with van der Waals surface area (Å²) in [4.78, 5) is 10.1. The Hall–Kier alpha value is -0.660. The van der Waals surface area contributed by atoms with E-state index in [0.29, 0.717) is 6.42 Å². The third-order valence-corrected chi connectivity index (χ3v) is 2.69. The molecule has 0 aromatic rings. The van der Waals surface area contributed by atoms with E-state index < -0.39 is 27.8 Å². The van der Waals surface area contributed by atoms with E-state index >= 15 is 0 Å². The molecule has 0 aliphatic rings. The van der Waals surface area contributed by atoms with Gasteiger partial charge in [-0.05, 0) is 6.42 Å². The molecule has 0 saturated carbocycles. The molecule has 0 fully saturated rings. The summed E-state index contributed by atoms with van der Waals surface area (Å²) in [5.74, 6) is -2.39. The van der Waals surface area contributed by atoms with Crippen LogP contribution in [0.2, 0.25) is 0 Å². The maximum absolute atomic E-state index is 11.0. The number of rotatable bonds is 6. The molecular formula is C6H13NO5S. The van der Waals surface area contributed by atoms with Gasteiger partial charge < -0.3 is 10.2 Å². The summed E-state index contributed by atoms with van der Waals surface area (Å²) in [6.45, 7) is 1.35. The minimum Gasteiger partial charge on any atom is -0.480 e. The van der Waals surface area contributed by atoms with Crippen molar-refractivity contribution in [1.82, 2.24) is 4.72 Å². The van der Waals surface area contributed by atoms with Gasteiger partial charge in [0.05, 0.1) is 6.61 Å². The largest absolute Gasteiger partial charge is 0.480 e. The maximum Gasteiger partial charge on any atom is 0.320 e. The summed E-state index contributed by atoms with van der Waals surface area (Å²) in [5.41, 5.74) is 0. The second-order valence-corrected chi connectivity index (χ2v) is 4.31. The molecule has 0 radical (unpaired) electrons. The summed E-state index contributed by atoms with van der Waals surface area (Å²) >= 11 is 0. The number of aliphatic hydroxyl groups excluding tert-OH is 1. The van der Waals surface area contributed by atoms with E-state index in [1.54, 1.807) is 6.92 Å². The van der Waals surface area contributed by atoms with Gasteiger partial charge in [0.1, 0.15) is 0 Å². The average molecular weight is 211 g/mol. The van der Waals surface area contributed by atoms with Crippen molar-refractivity contribution < 1.29 is 23.4 Å². The van der Waals surface area contributed by atoms with Crippen LogP contribution in [0.1, 0.15) is 13.3 Å². The molecular weight excluding hydrogens is 198 g/mol. The van der Waals surface area contributed by atoms with E-state index in [-0.39, 0.29) is 6.61 Å². The Morgan fingerprint density at radius 2 is 2.08 bits per heavy atom. The van der Waals surface area contributed by atoms with E-state index in [0.717, 1.165) is 0 Å². The fourth-order valence-corrected chi connectivity index (χ4v) is 1.87. The SMILES string of the molecule is CC[C@H](CO)NS(=O)(=O)CC(=O)O. The van der Waals surface area contributed by atoms with Gasteiger partial charge in [0.2, 0.25) is 10.0 Å². The minimum atomic E-state index is -3.81. The molecule has 6 nitrogen and oxygen atoms in total. The summed E-state index contributed by atoms with van der Waals surface area (Å²) < 4.78 is 24.0.